The summed E-state index contributed by atoms with van der Waals surface area (Å²) in [6.07, 6.45) is 8.24. The summed E-state index contributed by atoms with van der Waals surface area (Å²) in [6, 6.07) is 12.7. The van der Waals surface area contributed by atoms with E-state index < -0.39 is 0 Å². The highest BCUT2D eigenvalue weighted by atomic mass is 16.1. The van der Waals surface area contributed by atoms with Gasteiger partial charge in [0.1, 0.15) is 12.7 Å². The molecule has 26 heavy (non-hydrogen) atoms. The molecule has 0 radical (unpaired) electrons. The fourth-order valence-electron chi connectivity index (χ4n) is 2.53. The van der Waals surface area contributed by atoms with Crippen molar-refractivity contribution in [2.75, 3.05) is 5.32 Å². The zero-order chi connectivity index (χ0) is 17.8. The van der Waals surface area contributed by atoms with Crippen molar-refractivity contribution in [2.45, 2.75) is 6.54 Å². The summed E-state index contributed by atoms with van der Waals surface area (Å²) in [4.78, 5) is 20.8. The molecule has 0 bridgehead atoms. The van der Waals surface area contributed by atoms with Gasteiger partial charge in [0.25, 0.3) is 5.91 Å². The van der Waals surface area contributed by atoms with Gasteiger partial charge >= 0.3 is 0 Å². The first kappa shape index (κ1) is 15.7. The van der Waals surface area contributed by atoms with Crippen LogP contribution in [-0.2, 0) is 6.54 Å². The van der Waals surface area contributed by atoms with E-state index in [9.17, 15) is 4.79 Å². The molecule has 0 aliphatic carbocycles. The zero-order valence-electron chi connectivity index (χ0n) is 13.7. The number of benzene rings is 1. The highest BCUT2D eigenvalue weighted by Crippen LogP contribution is 2.17. The van der Waals surface area contributed by atoms with Gasteiger partial charge in [-0.3, -0.25) is 4.79 Å². The summed E-state index contributed by atoms with van der Waals surface area (Å²) in [5.41, 5.74) is 2.18. The Hall–Kier alpha value is -3.81. The number of pyridine rings is 1. The van der Waals surface area contributed by atoms with Crippen molar-refractivity contribution >= 4 is 11.6 Å². The van der Waals surface area contributed by atoms with Crippen molar-refractivity contribution in [3.63, 3.8) is 0 Å². The Morgan fingerprint density at radius 3 is 2.65 bits per heavy atom. The third-order valence-electron chi connectivity index (χ3n) is 3.78. The van der Waals surface area contributed by atoms with E-state index in [-0.39, 0.29) is 5.91 Å². The molecule has 4 aromatic rings. The third-order valence-corrected chi connectivity index (χ3v) is 3.78. The molecule has 128 valence electrons. The molecule has 0 unspecified atom stereocenters. The average molecular weight is 345 g/mol. The smallest absolute Gasteiger partial charge is 0.255 e. The number of aromatic nitrogens is 6. The van der Waals surface area contributed by atoms with Gasteiger partial charge in [0.05, 0.1) is 12.2 Å². The van der Waals surface area contributed by atoms with Crippen LogP contribution >= 0.6 is 0 Å². The molecule has 0 saturated heterocycles. The van der Waals surface area contributed by atoms with Crippen molar-refractivity contribution in [3.8, 4) is 5.82 Å². The van der Waals surface area contributed by atoms with Crippen LogP contribution in [0.4, 0.5) is 5.69 Å². The van der Waals surface area contributed by atoms with Crippen molar-refractivity contribution in [1.29, 1.82) is 0 Å². The maximum absolute atomic E-state index is 12.6. The van der Waals surface area contributed by atoms with Gasteiger partial charge in [-0.05, 0) is 35.9 Å². The monoisotopic (exact) mass is 345 g/mol. The number of amides is 1. The van der Waals surface area contributed by atoms with Crippen LogP contribution in [0.1, 0.15) is 15.9 Å². The van der Waals surface area contributed by atoms with Gasteiger partial charge in [0.15, 0.2) is 5.82 Å². The number of rotatable bonds is 5. The fraction of sp³-hybridized carbons (Fsp3) is 0.0556. The number of hydrogen-bond donors (Lipinski definition) is 1. The number of nitrogens with zero attached hydrogens (tertiary/aromatic N) is 6. The minimum atomic E-state index is -0.210. The maximum atomic E-state index is 12.6. The molecule has 1 N–H and O–H groups in total. The normalized spacial score (nSPS) is 10.6. The van der Waals surface area contributed by atoms with Crippen LogP contribution in [0.2, 0.25) is 0 Å². The summed E-state index contributed by atoms with van der Waals surface area (Å²) in [7, 11) is 0. The number of nitrogens with one attached hydrogen (secondary N) is 1. The van der Waals surface area contributed by atoms with Gasteiger partial charge in [0, 0.05) is 24.2 Å². The molecule has 4 rings (SSSR count). The summed E-state index contributed by atoms with van der Waals surface area (Å²) in [6.45, 7) is 0.605. The number of carbonyl (C=O) groups excluding carboxylic acids is 1. The van der Waals surface area contributed by atoms with E-state index in [2.05, 4.69) is 25.5 Å². The van der Waals surface area contributed by atoms with Gasteiger partial charge in [-0.2, -0.15) is 10.2 Å². The van der Waals surface area contributed by atoms with Gasteiger partial charge in [0.2, 0.25) is 0 Å². The van der Waals surface area contributed by atoms with Crippen molar-refractivity contribution in [3.05, 3.63) is 84.8 Å². The number of carbonyl (C=O) groups is 1. The van der Waals surface area contributed by atoms with E-state index in [0.29, 0.717) is 23.6 Å². The van der Waals surface area contributed by atoms with Crippen LogP contribution in [0, 0.1) is 0 Å². The van der Waals surface area contributed by atoms with E-state index >= 15 is 0 Å². The van der Waals surface area contributed by atoms with Crippen molar-refractivity contribution in [2.24, 2.45) is 0 Å². The third kappa shape index (κ3) is 3.34. The first-order valence-electron chi connectivity index (χ1n) is 7.97. The SMILES string of the molecule is O=C(Nc1cccnc1-n1cccn1)c1ccc(Cn2cncn2)cc1. The Morgan fingerprint density at radius 1 is 1.04 bits per heavy atom. The maximum Gasteiger partial charge on any atom is 0.255 e. The lowest BCUT2D eigenvalue weighted by molar-refractivity contribution is 0.102. The Bertz CT molecular complexity index is 992. The molecule has 3 heterocycles. The van der Waals surface area contributed by atoms with Gasteiger partial charge in [-0.15, -0.1) is 0 Å². The minimum Gasteiger partial charge on any atom is -0.319 e. The Morgan fingerprint density at radius 2 is 1.92 bits per heavy atom. The molecule has 0 atom stereocenters. The molecule has 1 aromatic carbocycles. The largest absolute Gasteiger partial charge is 0.319 e. The molecular weight excluding hydrogens is 330 g/mol. The Kier molecular flexibility index (Phi) is 4.21. The minimum absolute atomic E-state index is 0.210. The van der Waals surface area contributed by atoms with Gasteiger partial charge in [-0.1, -0.05) is 12.1 Å². The summed E-state index contributed by atoms with van der Waals surface area (Å²) >= 11 is 0. The first-order chi connectivity index (χ1) is 12.8. The van der Waals surface area contributed by atoms with E-state index in [1.807, 2.05) is 12.1 Å². The van der Waals surface area contributed by atoms with Crippen LogP contribution in [0.5, 0.6) is 0 Å². The molecule has 0 aliphatic heterocycles. The molecule has 1 amide bonds. The van der Waals surface area contributed by atoms with Crippen molar-refractivity contribution < 1.29 is 4.79 Å². The Labute approximate surface area is 149 Å². The predicted molar refractivity (Wildman–Crippen MR) is 94.9 cm³/mol. The zero-order valence-corrected chi connectivity index (χ0v) is 13.7. The predicted octanol–water partition coefficient (Wildman–Crippen LogP) is 2.16. The highest BCUT2D eigenvalue weighted by molar-refractivity contribution is 6.05. The van der Waals surface area contributed by atoms with Crippen LogP contribution in [0.25, 0.3) is 5.82 Å². The summed E-state index contributed by atoms with van der Waals surface area (Å²) in [5, 5.41) is 11.1. The second-order valence-corrected chi connectivity index (χ2v) is 5.57. The first-order valence-corrected chi connectivity index (χ1v) is 7.97. The molecule has 0 spiro atoms. The summed E-state index contributed by atoms with van der Waals surface area (Å²) < 4.78 is 3.33. The van der Waals surface area contributed by atoms with Crippen LogP contribution in [-0.4, -0.2) is 35.4 Å². The molecule has 0 fully saturated rings. The molecular formula is C18H15N7O. The van der Waals surface area contributed by atoms with Crippen LogP contribution in [0.3, 0.4) is 0 Å². The van der Waals surface area contributed by atoms with Crippen molar-refractivity contribution in [1.82, 2.24) is 29.5 Å². The molecule has 8 nitrogen and oxygen atoms in total. The van der Waals surface area contributed by atoms with E-state index in [0.717, 1.165) is 5.56 Å². The molecule has 8 heteroatoms. The molecule has 0 aliphatic rings. The summed E-state index contributed by atoms with van der Waals surface area (Å²) in [5.74, 6) is 0.354. The second kappa shape index (κ2) is 6.98. The van der Waals surface area contributed by atoms with Gasteiger partial charge in [-0.25, -0.2) is 19.3 Å². The topological polar surface area (TPSA) is 90.5 Å². The lowest BCUT2D eigenvalue weighted by Crippen LogP contribution is -2.15. The lowest BCUT2D eigenvalue weighted by Gasteiger charge is -2.10. The van der Waals surface area contributed by atoms with Gasteiger partial charge < -0.3 is 5.32 Å². The lowest BCUT2D eigenvalue weighted by atomic mass is 10.1. The number of hydrogen-bond acceptors (Lipinski definition) is 5. The van der Waals surface area contributed by atoms with Crippen LogP contribution < -0.4 is 5.32 Å². The average Bonchev–Trinajstić information content (AvgIpc) is 3.37. The van der Waals surface area contributed by atoms with Crippen LogP contribution in [0.15, 0.2) is 73.7 Å². The molecule has 0 saturated carbocycles. The highest BCUT2D eigenvalue weighted by Gasteiger charge is 2.11. The molecule has 3 aromatic heterocycles. The van der Waals surface area contributed by atoms with E-state index in [1.165, 1.54) is 6.33 Å². The quantitative estimate of drug-likeness (QED) is 0.598. The van der Waals surface area contributed by atoms with E-state index in [4.69, 9.17) is 0 Å². The second-order valence-electron chi connectivity index (χ2n) is 5.57. The fourth-order valence-corrected chi connectivity index (χ4v) is 2.53. The van der Waals surface area contributed by atoms with E-state index in [1.54, 1.807) is 64.6 Å². The number of anilines is 1. The Balaban J connectivity index is 1.50. The standard InChI is InChI=1S/C18H15N7O/c26-18(15-6-4-14(5-7-15)11-24-13-19-12-22-24)23-16-3-1-8-20-17(16)25-10-2-9-21-25/h1-10,12-13H,11H2,(H,23,26).